The molecular formula is C10H19N2O2+. The van der Waals surface area contributed by atoms with E-state index < -0.39 is 0 Å². The summed E-state index contributed by atoms with van der Waals surface area (Å²) in [7, 11) is 0. The predicted molar refractivity (Wildman–Crippen MR) is 54.6 cm³/mol. The first-order chi connectivity index (χ1) is 6.79. The second-order valence-electron chi connectivity index (χ2n) is 3.15. The average Bonchev–Trinajstić information content (AvgIpc) is 2.22. The van der Waals surface area contributed by atoms with Crippen LogP contribution in [0, 0.1) is 0 Å². The van der Waals surface area contributed by atoms with Crippen LogP contribution in [-0.4, -0.2) is 25.5 Å². The van der Waals surface area contributed by atoms with Crippen molar-refractivity contribution in [3.8, 4) is 0 Å². The zero-order valence-corrected chi connectivity index (χ0v) is 8.66. The highest BCUT2D eigenvalue weighted by molar-refractivity contribution is 5.47. The van der Waals surface area contributed by atoms with E-state index >= 15 is 0 Å². The van der Waals surface area contributed by atoms with Gasteiger partial charge in [0.05, 0.1) is 6.54 Å². The molecule has 0 fully saturated rings. The SMILES string of the molecule is C=CC(NC=O)[NH+](C=O)CCCCC. The van der Waals surface area contributed by atoms with Gasteiger partial charge in [0.15, 0.2) is 6.17 Å². The monoisotopic (exact) mass is 199 g/mol. The molecule has 0 saturated heterocycles. The zero-order chi connectivity index (χ0) is 10.8. The van der Waals surface area contributed by atoms with Gasteiger partial charge in [-0.15, -0.1) is 0 Å². The first kappa shape index (κ1) is 12.8. The number of carbonyl (C=O) groups excluding carboxylic acids is 2. The summed E-state index contributed by atoms with van der Waals surface area (Å²) in [6, 6.07) is 0. The number of carbonyl (C=O) groups is 2. The second-order valence-corrected chi connectivity index (χ2v) is 3.15. The summed E-state index contributed by atoms with van der Waals surface area (Å²) in [4.78, 5) is 21.7. The second kappa shape index (κ2) is 8.44. The number of amides is 2. The van der Waals surface area contributed by atoms with Crippen molar-refractivity contribution < 1.29 is 14.5 Å². The molecule has 0 aromatic heterocycles. The Hall–Kier alpha value is -1.16. The van der Waals surface area contributed by atoms with Crippen molar-refractivity contribution in [1.29, 1.82) is 0 Å². The number of nitrogens with one attached hydrogen (secondary N) is 2. The lowest BCUT2D eigenvalue weighted by Gasteiger charge is -2.19. The Morgan fingerprint density at radius 1 is 1.43 bits per heavy atom. The molecule has 0 radical (unpaired) electrons. The molecule has 2 unspecified atom stereocenters. The molecule has 2 N–H and O–H groups in total. The first-order valence-electron chi connectivity index (χ1n) is 4.93. The standard InChI is InChI=1S/C10H18N2O2/c1-3-5-6-7-12(9-14)10(4-2)11-8-13/h4,8-10H,2-3,5-7H2,1H3,(H,11,13)/p+1. The summed E-state index contributed by atoms with van der Waals surface area (Å²) >= 11 is 0. The predicted octanol–water partition coefficient (Wildman–Crippen LogP) is -0.524. The van der Waals surface area contributed by atoms with Crippen molar-refractivity contribution in [2.75, 3.05) is 6.54 Å². The van der Waals surface area contributed by atoms with Crippen LogP contribution in [0.2, 0.25) is 0 Å². The molecule has 0 aliphatic rings. The zero-order valence-electron chi connectivity index (χ0n) is 8.66. The first-order valence-corrected chi connectivity index (χ1v) is 4.93. The van der Waals surface area contributed by atoms with E-state index in [2.05, 4.69) is 18.8 Å². The quantitative estimate of drug-likeness (QED) is 0.227. The van der Waals surface area contributed by atoms with Gasteiger partial charge >= 0.3 is 6.41 Å². The third kappa shape index (κ3) is 4.77. The lowest BCUT2D eigenvalue weighted by Crippen LogP contribution is -3.16. The molecule has 0 rings (SSSR count). The van der Waals surface area contributed by atoms with Crippen molar-refractivity contribution in [1.82, 2.24) is 5.32 Å². The molecule has 2 atom stereocenters. The third-order valence-electron chi connectivity index (χ3n) is 2.10. The van der Waals surface area contributed by atoms with Gasteiger partial charge in [-0.2, -0.15) is 0 Å². The number of hydrogen-bond acceptors (Lipinski definition) is 2. The lowest BCUT2D eigenvalue weighted by atomic mass is 10.2. The van der Waals surface area contributed by atoms with Gasteiger partial charge < -0.3 is 5.32 Å². The van der Waals surface area contributed by atoms with E-state index in [4.69, 9.17) is 0 Å². The van der Waals surface area contributed by atoms with Crippen molar-refractivity contribution in [2.24, 2.45) is 0 Å². The Kier molecular flexibility index (Phi) is 7.74. The minimum Gasteiger partial charge on any atom is -0.306 e. The summed E-state index contributed by atoms with van der Waals surface area (Å²) < 4.78 is 0. The molecule has 2 amide bonds. The van der Waals surface area contributed by atoms with Crippen LogP contribution in [0.5, 0.6) is 0 Å². The molecule has 0 spiro atoms. The van der Waals surface area contributed by atoms with E-state index in [1.54, 1.807) is 6.08 Å². The van der Waals surface area contributed by atoms with Crippen LogP contribution in [0.25, 0.3) is 0 Å². The molecule has 4 heteroatoms. The molecule has 0 aliphatic heterocycles. The fraction of sp³-hybridized carbons (Fsp3) is 0.600. The van der Waals surface area contributed by atoms with E-state index in [9.17, 15) is 9.59 Å². The Morgan fingerprint density at radius 3 is 2.57 bits per heavy atom. The van der Waals surface area contributed by atoms with Crippen molar-refractivity contribution in [3.05, 3.63) is 12.7 Å². The van der Waals surface area contributed by atoms with Gasteiger partial charge in [0.1, 0.15) is 0 Å². The minimum atomic E-state index is -0.304. The highest BCUT2D eigenvalue weighted by atomic mass is 16.1. The molecule has 0 bridgehead atoms. The van der Waals surface area contributed by atoms with E-state index in [-0.39, 0.29) is 6.17 Å². The maximum atomic E-state index is 10.7. The largest absolute Gasteiger partial charge is 0.306 e. The van der Waals surface area contributed by atoms with Crippen LogP contribution < -0.4 is 10.2 Å². The van der Waals surface area contributed by atoms with Crippen LogP contribution in [-0.2, 0) is 9.59 Å². The van der Waals surface area contributed by atoms with E-state index in [0.29, 0.717) is 11.3 Å². The minimum absolute atomic E-state index is 0.304. The molecule has 80 valence electrons. The summed E-state index contributed by atoms with van der Waals surface area (Å²) in [6.07, 6.45) is 5.88. The summed E-state index contributed by atoms with van der Waals surface area (Å²) in [6.45, 7) is 6.41. The summed E-state index contributed by atoms with van der Waals surface area (Å²) in [5.41, 5.74) is 0. The maximum absolute atomic E-state index is 10.7. The number of unbranched alkanes of at least 4 members (excludes halogenated alkanes) is 2. The summed E-state index contributed by atoms with van der Waals surface area (Å²) in [5.74, 6) is 0. The van der Waals surface area contributed by atoms with Gasteiger partial charge in [-0.3, -0.25) is 9.69 Å². The topological polar surface area (TPSA) is 50.6 Å². The highest BCUT2D eigenvalue weighted by Gasteiger charge is 2.16. The van der Waals surface area contributed by atoms with E-state index in [1.807, 2.05) is 0 Å². The normalized spacial score (nSPS) is 14.1. The van der Waals surface area contributed by atoms with Crippen LogP contribution in [0.15, 0.2) is 12.7 Å². The lowest BCUT2D eigenvalue weighted by molar-refractivity contribution is -0.834. The number of quaternary nitrogens is 1. The molecule has 0 heterocycles. The Labute approximate surface area is 85.0 Å². The Balaban J connectivity index is 4.00. The van der Waals surface area contributed by atoms with Gasteiger partial charge in [0.25, 0.3) is 0 Å². The fourth-order valence-electron chi connectivity index (χ4n) is 1.27. The molecule has 0 saturated carbocycles. The fourth-order valence-corrected chi connectivity index (χ4v) is 1.27. The number of rotatable bonds is 9. The molecule has 0 aliphatic carbocycles. The molecular weight excluding hydrogens is 180 g/mol. The van der Waals surface area contributed by atoms with Crippen LogP contribution in [0.1, 0.15) is 26.2 Å². The van der Waals surface area contributed by atoms with E-state index in [0.717, 1.165) is 32.2 Å². The molecule has 0 aromatic carbocycles. The van der Waals surface area contributed by atoms with Crippen molar-refractivity contribution in [3.63, 3.8) is 0 Å². The van der Waals surface area contributed by atoms with Crippen molar-refractivity contribution >= 4 is 12.8 Å². The van der Waals surface area contributed by atoms with Gasteiger partial charge in [-0.1, -0.05) is 19.9 Å². The molecule has 4 nitrogen and oxygen atoms in total. The van der Waals surface area contributed by atoms with Crippen LogP contribution >= 0.6 is 0 Å². The maximum Gasteiger partial charge on any atom is 0.301 e. The summed E-state index contributed by atoms with van der Waals surface area (Å²) in [5, 5.41) is 2.54. The van der Waals surface area contributed by atoms with Crippen molar-refractivity contribution in [2.45, 2.75) is 32.4 Å². The van der Waals surface area contributed by atoms with Gasteiger partial charge in [-0.05, 0) is 18.9 Å². The van der Waals surface area contributed by atoms with Gasteiger partial charge in [0.2, 0.25) is 6.41 Å². The van der Waals surface area contributed by atoms with Gasteiger partial charge in [-0.25, -0.2) is 4.79 Å². The van der Waals surface area contributed by atoms with Crippen LogP contribution in [0.4, 0.5) is 0 Å². The smallest absolute Gasteiger partial charge is 0.301 e. The molecule has 14 heavy (non-hydrogen) atoms. The van der Waals surface area contributed by atoms with E-state index in [1.165, 1.54) is 0 Å². The number of hydrogen-bond donors (Lipinski definition) is 2. The van der Waals surface area contributed by atoms with Crippen LogP contribution in [0.3, 0.4) is 0 Å². The average molecular weight is 199 g/mol. The molecule has 0 aromatic rings. The Bertz CT molecular complexity index is 183. The van der Waals surface area contributed by atoms with Gasteiger partial charge in [0, 0.05) is 0 Å². The third-order valence-corrected chi connectivity index (χ3v) is 2.10. The highest BCUT2D eigenvalue weighted by Crippen LogP contribution is 1.89. The Morgan fingerprint density at radius 2 is 2.14 bits per heavy atom.